The van der Waals surface area contributed by atoms with Crippen LogP contribution in [0.1, 0.15) is 32.1 Å². The largest absolute Gasteiger partial charge is 0.360 e. The highest BCUT2D eigenvalue weighted by Gasteiger charge is 2.31. The number of anilines is 1. The Bertz CT molecular complexity index is 591. The summed E-state index contributed by atoms with van der Waals surface area (Å²) in [5.74, 6) is 0. The van der Waals surface area contributed by atoms with Gasteiger partial charge in [0, 0.05) is 16.3 Å². The first-order valence-electron chi connectivity index (χ1n) is 7.06. The van der Waals surface area contributed by atoms with E-state index in [1.54, 1.807) is 11.3 Å². The molecule has 2 aromatic rings. The smallest absolute Gasteiger partial charge is 0.183 e. The Labute approximate surface area is 133 Å². The van der Waals surface area contributed by atoms with E-state index in [4.69, 9.17) is 11.6 Å². The summed E-state index contributed by atoms with van der Waals surface area (Å²) in [7, 11) is 0. The molecule has 0 atom stereocenters. The van der Waals surface area contributed by atoms with Crippen LogP contribution in [-0.4, -0.2) is 22.5 Å². The summed E-state index contributed by atoms with van der Waals surface area (Å²) >= 11 is 9.73. The number of nitrogens with zero attached hydrogens (tertiary/aromatic N) is 1. The minimum absolute atomic E-state index is 0.397. The second kappa shape index (κ2) is 6.12. The van der Waals surface area contributed by atoms with Crippen LogP contribution >= 0.6 is 34.7 Å². The number of thioether (sulfide) groups is 1. The monoisotopic (exact) mass is 326 g/mol. The van der Waals surface area contributed by atoms with Crippen molar-refractivity contribution in [3.05, 3.63) is 23.2 Å². The average molecular weight is 327 g/mol. The van der Waals surface area contributed by atoms with E-state index in [1.807, 2.05) is 30.0 Å². The van der Waals surface area contributed by atoms with Gasteiger partial charge in [-0.2, -0.15) is 11.8 Å². The van der Waals surface area contributed by atoms with Gasteiger partial charge in [-0.1, -0.05) is 42.2 Å². The highest BCUT2D eigenvalue weighted by molar-refractivity contribution is 8.00. The Morgan fingerprint density at radius 2 is 2.15 bits per heavy atom. The topological polar surface area (TPSA) is 24.9 Å². The van der Waals surface area contributed by atoms with Crippen molar-refractivity contribution >= 4 is 50.0 Å². The third-order valence-electron chi connectivity index (χ3n) is 4.11. The number of benzene rings is 1. The number of halogens is 1. The van der Waals surface area contributed by atoms with Crippen LogP contribution in [0, 0.1) is 0 Å². The predicted molar refractivity (Wildman–Crippen MR) is 92.5 cm³/mol. The molecule has 1 fully saturated rings. The van der Waals surface area contributed by atoms with Gasteiger partial charge in [-0.05, 0) is 37.3 Å². The number of rotatable bonds is 4. The van der Waals surface area contributed by atoms with Crippen LogP contribution < -0.4 is 5.32 Å². The van der Waals surface area contributed by atoms with Gasteiger partial charge in [0.05, 0.1) is 10.2 Å². The summed E-state index contributed by atoms with van der Waals surface area (Å²) in [6.45, 7) is 1.02. The van der Waals surface area contributed by atoms with E-state index < -0.39 is 0 Å². The zero-order valence-electron chi connectivity index (χ0n) is 11.6. The highest BCUT2D eigenvalue weighted by Crippen LogP contribution is 2.39. The van der Waals surface area contributed by atoms with Crippen LogP contribution in [0.3, 0.4) is 0 Å². The minimum Gasteiger partial charge on any atom is -0.360 e. The van der Waals surface area contributed by atoms with Gasteiger partial charge in [-0.15, -0.1) is 0 Å². The van der Waals surface area contributed by atoms with Crippen molar-refractivity contribution in [3.8, 4) is 0 Å². The van der Waals surface area contributed by atoms with Gasteiger partial charge in [0.1, 0.15) is 0 Å². The van der Waals surface area contributed by atoms with E-state index >= 15 is 0 Å². The molecule has 1 aliphatic carbocycles. The molecule has 1 N–H and O–H groups in total. The van der Waals surface area contributed by atoms with Crippen molar-refractivity contribution in [2.75, 3.05) is 18.1 Å². The third-order valence-corrected chi connectivity index (χ3v) is 6.74. The summed E-state index contributed by atoms with van der Waals surface area (Å²) in [6.07, 6.45) is 8.98. The quantitative estimate of drug-likeness (QED) is 0.811. The van der Waals surface area contributed by atoms with Crippen LogP contribution in [0.15, 0.2) is 18.2 Å². The average Bonchev–Trinajstić information content (AvgIpc) is 2.88. The molecule has 0 aliphatic heterocycles. The van der Waals surface area contributed by atoms with Gasteiger partial charge in [0.15, 0.2) is 5.13 Å². The number of fused-ring (bicyclic) bond motifs is 1. The molecule has 108 valence electrons. The summed E-state index contributed by atoms with van der Waals surface area (Å²) < 4.78 is 1.55. The first kappa shape index (κ1) is 14.5. The van der Waals surface area contributed by atoms with Crippen LogP contribution in [-0.2, 0) is 0 Å². The SMILES string of the molecule is CSC1(CNc2nc3ccc(Cl)cc3s2)CCCCC1. The van der Waals surface area contributed by atoms with E-state index in [0.29, 0.717) is 4.75 Å². The molecule has 1 saturated carbocycles. The molecule has 0 unspecified atom stereocenters. The lowest BCUT2D eigenvalue weighted by Gasteiger charge is -2.35. The minimum atomic E-state index is 0.397. The fraction of sp³-hybridized carbons (Fsp3) is 0.533. The maximum Gasteiger partial charge on any atom is 0.183 e. The molecule has 1 aromatic heterocycles. The molecule has 0 saturated heterocycles. The maximum absolute atomic E-state index is 6.03. The molecular formula is C15H19ClN2S2. The molecule has 1 heterocycles. The summed E-state index contributed by atoms with van der Waals surface area (Å²) in [6, 6.07) is 5.88. The van der Waals surface area contributed by atoms with Crippen molar-refractivity contribution in [1.82, 2.24) is 4.98 Å². The van der Waals surface area contributed by atoms with Crippen LogP contribution in [0.4, 0.5) is 5.13 Å². The highest BCUT2D eigenvalue weighted by atomic mass is 35.5. The van der Waals surface area contributed by atoms with Crippen LogP contribution in [0.5, 0.6) is 0 Å². The van der Waals surface area contributed by atoms with Crippen LogP contribution in [0.25, 0.3) is 10.2 Å². The van der Waals surface area contributed by atoms with Crippen molar-refractivity contribution in [3.63, 3.8) is 0 Å². The number of hydrogen-bond donors (Lipinski definition) is 1. The molecular weight excluding hydrogens is 308 g/mol. The van der Waals surface area contributed by atoms with E-state index in [2.05, 4.69) is 16.6 Å². The summed E-state index contributed by atoms with van der Waals surface area (Å²) in [4.78, 5) is 4.64. The normalized spacial score (nSPS) is 18.3. The molecule has 2 nitrogen and oxygen atoms in total. The zero-order chi connectivity index (χ0) is 14.0. The van der Waals surface area contributed by atoms with Crippen molar-refractivity contribution in [2.24, 2.45) is 0 Å². The molecule has 0 amide bonds. The molecule has 20 heavy (non-hydrogen) atoms. The lowest BCUT2D eigenvalue weighted by Crippen LogP contribution is -2.35. The molecule has 0 spiro atoms. The van der Waals surface area contributed by atoms with Gasteiger partial charge < -0.3 is 5.32 Å². The Balaban J connectivity index is 1.72. The Morgan fingerprint density at radius 3 is 2.90 bits per heavy atom. The van der Waals surface area contributed by atoms with Gasteiger partial charge in [-0.3, -0.25) is 0 Å². The fourth-order valence-electron chi connectivity index (χ4n) is 2.86. The van der Waals surface area contributed by atoms with Gasteiger partial charge in [-0.25, -0.2) is 4.98 Å². The van der Waals surface area contributed by atoms with Crippen molar-refractivity contribution in [1.29, 1.82) is 0 Å². The molecule has 0 radical (unpaired) electrons. The van der Waals surface area contributed by atoms with E-state index in [1.165, 1.54) is 32.1 Å². The van der Waals surface area contributed by atoms with Gasteiger partial charge in [0.25, 0.3) is 0 Å². The number of hydrogen-bond acceptors (Lipinski definition) is 4. The molecule has 3 rings (SSSR count). The van der Waals surface area contributed by atoms with E-state index in [-0.39, 0.29) is 0 Å². The van der Waals surface area contributed by atoms with E-state index in [9.17, 15) is 0 Å². The molecule has 1 aliphatic rings. The van der Waals surface area contributed by atoms with Gasteiger partial charge in [0.2, 0.25) is 0 Å². The van der Waals surface area contributed by atoms with Crippen molar-refractivity contribution in [2.45, 2.75) is 36.9 Å². The Hall–Kier alpha value is -0.450. The Kier molecular flexibility index (Phi) is 4.43. The second-order valence-electron chi connectivity index (χ2n) is 5.43. The second-order valence-corrected chi connectivity index (χ2v) is 8.17. The lowest BCUT2D eigenvalue weighted by atomic mass is 9.88. The zero-order valence-corrected chi connectivity index (χ0v) is 14.0. The van der Waals surface area contributed by atoms with Crippen LogP contribution in [0.2, 0.25) is 5.02 Å². The number of thiazole rings is 1. The lowest BCUT2D eigenvalue weighted by molar-refractivity contribution is 0.411. The van der Waals surface area contributed by atoms with Gasteiger partial charge >= 0.3 is 0 Å². The molecule has 1 aromatic carbocycles. The number of nitrogens with one attached hydrogen (secondary N) is 1. The molecule has 5 heteroatoms. The number of aromatic nitrogens is 1. The third kappa shape index (κ3) is 3.07. The summed E-state index contributed by atoms with van der Waals surface area (Å²) in [5, 5.41) is 5.35. The van der Waals surface area contributed by atoms with Crippen molar-refractivity contribution < 1.29 is 0 Å². The fourth-order valence-corrected chi connectivity index (χ4v) is 4.91. The first-order chi connectivity index (χ1) is 9.71. The standard InChI is InChI=1S/C15H19ClN2S2/c1-19-15(7-3-2-4-8-15)10-17-14-18-12-6-5-11(16)9-13(12)20-14/h5-6,9H,2-4,7-8,10H2,1H3,(H,17,18). The summed E-state index contributed by atoms with van der Waals surface area (Å²) in [5.41, 5.74) is 1.03. The predicted octanol–water partition coefficient (Wildman–Crippen LogP) is 5.43. The van der Waals surface area contributed by atoms with E-state index in [0.717, 1.165) is 26.9 Å². The first-order valence-corrected chi connectivity index (χ1v) is 9.48. The Morgan fingerprint density at radius 1 is 1.35 bits per heavy atom. The molecule has 0 bridgehead atoms. The maximum atomic E-state index is 6.03.